The lowest BCUT2D eigenvalue weighted by Gasteiger charge is -2.09. The smallest absolute Gasteiger partial charge is 0.411 e. The fourth-order valence-electron chi connectivity index (χ4n) is 0.945. The first-order valence-electron chi connectivity index (χ1n) is 5.52. The van der Waals surface area contributed by atoms with Gasteiger partial charge in [-0.15, -0.1) is 0 Å². The third kappa shape index (κ3) is 9.28. The first-order valence-corrected chi connectivity index (χ1v) is 5.52. The molecule has 7 nitrogen and oxygen atoms in total. The number of phenolic OH excluding ortho intramolecular Hbond substituents is 1. The number of amides is 2. The van der Waals surface area contributed by atoms with Gasteiger partial charge in [0.2, 0.25) is 0 Å². The Balaban J connectivity index is 0.000000555. The second-order valence-corrected chi connectivity index (χ2v) is 3.68. The molecule has 0 fully saturated rings. The maximum absolute atomic E-state index is 11.1. The molecule has 1 aromatic rings. The summed E-state index contributed by atoms with van der Waals surface area (Å²) in [4.78, 5) is 20.4. The highest BCUT2D eigenvalue weighted by Crippen LogP contribution is 2.15. The lowest BCUT2D eigenvalue weighted by Crippen LogP contribution is -2.17. The summed E-state index contributed by atoms with van der Waals surface area (Å²) >= 11 is 0. The van der Waals surface area contributed by atoms with Crippen LogP contribution >= 0.6 is 0 Å². The topological polar surface area (TPSA) is 108 Å². The summed E-state index contributed by atoms with van der Waals surface area (Å²) in [6.45, 7) is 3.53. The van der Waals surface area contributed by atoms with Gasteiger partial charge in [0.15, 0.2) is 0 Å². The number of carboxylic acid groups (broad SMARTS) is 1. The van der Waals surface area contributed by atoms with Crippen LogP contribution < -0.4 is 10.6 Å². The highest BCUT2D eigenvalue weighted by Gasteiger charge is 2.05. The summed E-state index contributed by atoms with van der Waals surface area (Å²) in [5.41, 5.74) is 0.510. The van der Waals surface area contributed by atoms with Gasteiger partial charge in [-0.05, 0) is 26.0 Å². The molecule has 0 aromatic heterocycles. The van der Waals surface area contributed by atoms with E-state index in [4.69, 9.17) is 14.9 Å². The fraction of sp³-hybridized carbons (Fsp3) is 0.333. The Bertz CT molecular complexity index is 420. The standard InChI is InChI=1S/C10H13NO3.C2H5NO2/c1-7(2)14-10(13)11-8-4-3-5-9(12)6-8;1-3-2(4)5/h3-7,12H,1-2H3,(H,11,13);3H,1H3,(H,4,5). The van der Waals surface area contributed by atoms with Gasteiger partial charge in [-0.3, -0.25) is 5.32 Å². The van der Waals surface area contributed by atoms with Crippen molar-refractivity contribution in [3.63, 3.8) is 0 Å². The third-order valence-electron chi connectivity index (χ3n) is 1.65. The highest BCUT2D eigenvalue weighted by atomic mass is 16.6. The van der Waals surface area contributed by atoms with Gasteiger partial charge >= 0.3 is 12.2 Å². The molecule has 1 rings (SSSR count). The van der Waals surface area contributed by atoms with Gasteiger partial charge in [-0.25, -0.2) is 9.59 Å². The largest absolute Gasteiger partial charge is 0.508 e. The Kier molecular flexibility index (Phi) is 7.51. The number of aromatic hydroxyl groups is 1. The number of carbonyl (C=O) groups is 2. The van der Waals surface area contributed by atoms with Gasteiger partial charge in [-0.1, -0.05) is 6.07 Å². The molecule has 0 aliphatic rings. The molecule has 0 atom stereocenters. The molecule has 0 saturated carbocycles. The quantitative estimate of drug-likeness (QED) is 0.659. The number of rotatable bonds is 2. The van der Waals surface area contributed by atoms with Crippen LogP contribution in [0.4, 0.5) is 15.3 Å². The summed E-state index contributed by atoms with van der Waals surface area (Å²) in [6.07, 6.45) is -1.68. The van der Waals surface area contributed by atoms with Crippen LogP contribution in [0.2, 0.25) is 0 Å². The van der Waals surface area contributed by atoms with Crippen molar-refractivity contribution < 1.29 is 24.5 Å². The van der Waals surface area contributed by atoms with Crippen LogP contribution in [-0.2, 0) is 4.74 Å². The van der Waals surface area contributed by atoms with E-state index in [0.717, 1.165) is 0 Å². The molecule has 0 bridgehead atoms. The van der Waals surface area contributed by atoms with Crippen molar-refractivity contribution in [3.8, 4) is 5.75 Å². The summed E-state index contributed by atoms with van der Waals surface area (Å²) < 4.78 is 4.86. The first kappa shape index (κ1) is 16.6. The van der Waals surface area contributed by atoms with Crippen LogP contribution in [0.1, 0.15) is 13.8 Å². The average Bonchev–Trinajstić information content (AvgIpc) is 2.28. The third-order valence-corrected chi connectivity index (χ3v) is 1.65. The maximum atomic E-state index is 11.1. The van der Waals surface area contributed by atoms with E-state index in [1.54, 1.807) is 26.0 Å². The van der Waals surface area contributed by atoms with Gasteiger partial charge in [-0.2, -0.15) is 0 Å². The fourth-order valence-corrected chi connectivity index (χ4v) is 0.945. The van der Waals surface area contributed by atoms with E-state index in [0.29, 0.717) is 5.69 Å². The van der Waals surface area contributed by atoms with E-state index in [-0.39, 0.29) is 11.9 Å². The SMILES string of the molecule is CC(C)OC(=O)Nc1cccc(O)c1.CNC(=O)O. The van der Waals surface area contributed by atoms with Crippen molar-refractivity contribution in [1.82, 2.24) is 5.32 Å². The minimum absolute atomic E-state index is 0.104. The predicted molar refractivity (Wildman–Crippen MR) is 70.4 cm³/mol. The number of ether oxygens (including phenoxy) is 1. The number of hydrogen-bond acceptors (Lipinski definition) is 4. The molecule has 0 unspecified atom stereocenters. The molecule has 0 spiro atoms. The van der Waals surface area contributed by atoms with Crippen molar-refractivity contribution in [3.05, 3.63) is 24.3 Å². The molecule has 2 amide bonds. The maximum Gasteiger partial charge on any atom is 0.411 e. The Morgan fingerprint density at radius 1 is 1.32 bits per heavy atom. The number of hydrogen-bond donors (Lipinski definition) is 4. The second-order valence-electron chi connectivity index (χ2n) is 3.68. The van der Waals surface area contributed by atoms with Gasteiger partial charge in [0, 0.05) is 18.8 Å². The Morgan fingerprint density at radius 2 is 1.89 bits per heavy atom. The van der Waals surface area contributed by atoms with Crippen LogP contribution in [0.5, 0.6) is 5.75 Å². The number of anilines is 1. The molecule has 19 heavy (non-hydrogen) atoms. The highest BCUT2D eigenvalue weighted by molar-refractivity contribution is 5.84. The normalized spacial score (nSPS) is 9.05. The van der Waals surface area contributed by atoms with Crippen molar-refractivity contribution in [2.75, 3.05) is 12.4 Å². The first-order chi connectivity index (χ1) is 8.85. The zero-order valence-corrected chi connectivity index (χ0v) is 11.0. The molecule has 0 saturated heterocycles. The minimum Gasteiger partial charge on any atom is -0.508 e. The monoisotopic (exact) mass is 270 g/mol. The van der Waals surface area contributed by atoms with E-state index in [1.165, 1.54) is 19.2 Å². The van der Waals surface area contributed by atoms with Gasteiger partial charge in [0.1, 0.15) is 5.75 Å². The summed E-state index contributed by atoms with van der Waals surface area (Å²) in [5, 5.41) is 21.2. The molecule has 0 aliphatic carbocycles. The predicted octanol–water partition coefficient (Wildman–Crippen LogP) is 2.23. The average molecular weight is 270 g/mol. The van der Waals surface area contributed by atoms with Crippen molar-refractivity contribution >= 4 is 17.9 Å². The molecule has 1 aromatic carbocycles. The Hall–Kier alpha value is -2.44. The van der Waals surface area contributed by atoms with Gasteiger partial charge in [0.25, 0.3) is 0 Å². The van der Waals surface area contributed by atoms with Crippen molar-refractivity contribution in [1.29, 1.82) is 0 Å². The molecule has 7 heteroatoms. The van der Waals surface area contributed by atoms with Gasteiger partial charge < -0.3 is 20.3 Å². The molecular formula is C12H18N2O5. The molecule has 106 valence electrons. The zero-order valence-electron chi connectivity index (χ0n) is 11.0. The molecular weight excluding hydrogens is 252 g/mol. The van der Waals surface area contributed by atoms with E-state index >= 15 is 0 Å². The lowest BCUT2D eigenvalue weighted by atomic mass is 10.3. The van der Waals surface area contributed by atoms with Crippen LogP contribution in [0.15, 0.2) is 24.3 Å². The molecule has 4 N–H and O–H groups in total. The summed E-state index contributed by atoms with van der Waals surface area (Å²) in [5.74, 6) is 0.104. The van der Waals surface area contributed by atoms with E-state index < -0.39 is 12.2 Å². The number of nitrogens with one attached hydrogen (secondary N) is 2. The summed E-state index contributed by atoms with van der Waals surface area (Å²) in [7, 11) is 1.35. The second kappa shape index (κ2) is 8.62. The number of carbonyl (C=O) groups excluding carboxylic acids is 1. The Labute approximate surface area is 111 Å². The van der Waals surface area contributed by atoms with Crippen molar-refractivity contribution in [2.45, 2.75) is 20.0 Å². The van der Waals surface area contributed by atoms with Crippen LogP contribution in [0, 0.1) is 0 Å². The molecule has 0 aliphatic heterocycles. The van der Waals surface area contributed by atoms with Crippen molar-refractivity contribution in [2.24, 2.45) is 0 Å². The minimum atomic E-state index is -0.995. The van der Waals surface area contributed by atoms with Crippen LogP contribution in [-0.4, -0.2) is 35.6 Å². The summed E-state index contributed by atoms with van der Waals surface area (Å²) in [6, 6.07) is 6.28. The van der Waals surface area contributed by atoms with Crippen LogP contribution in [0.3, 0.4) is 0 Å². The van der Waals surface area contributed by atoms with E-state index in [9.17, 15) is 9.59 Å². The van der Waals surface area contributed by atoms with Gasteiger partial charge in [0.05, 0.1) is 6.10 Å². The van der Waals surface area contributed by atoms with Crippen LogP contribution in [0.25, 0.3) is 0 Å². The van der Waals surface area contributed by atoms with E-state index in [1.807, 2.05) is 5.32 Å². The number of benzene rings is 1. The lowest BCUT2D eigenvalue weighted by molar-refractivity contribution is 0.130. The molecule has 0 radical (unpaired) electrons. The zero-order chi connectivity index (χ0) is 14.8. The van der Waals surface area contributed by atoms with E-state index in [2.05, 4.69) is 5.32 Å². The Morgan fingerprint density at radius 3 is 2.32 bits per heavy atom. The number of phenols is 1. The molecule has 0 heterocycles.